The minimum absolute atomic E-state index is 0.194. The summed E-state index contributed by atoms with van der Waals surface area (Å²) in [7, 11) is 0. The molecule has 5 rings (SSSR count). The number of carbonyl (C=O) groups is 1. The van der Waals surface area contributed by atoms with E-state index in [1.807, 2.05) is 55.5 Å². The van der Waals surface area contributed by atoms with Crippen LogP contribution in [0.25, 0.3) is 11.0 Å². The summed E-state index contributed by atoms with van der Waals surface area (Å²) in [5.41, 5.74) is 2.36. The van der Waals surface area contributed by atoms with Crippen LogP contribution in [0.1, 0.15) is 35.7 Å². The van der Waals surface area contributed by atoms with Crippen molar-refractivity contribution in [2.24, 2.45) is 0 Å². The first-order chi connectivity index (χ1) is 17.3. The lowest BCUT2D eigenvalue weighted by molar-refractivity contribution is -0.137. The molecule has 2 heterocycles. The Bertz CT molecular complexity index is 1400. The molecule has 0 bridgehead atoms. The Morgan fingerprint density at radius 3 is 2.61 bits per heavy atom. The van der Waals surface area contributed by atoms with Crippen molar-refractivity contribution >= 4 is 22.6 Å². The molecule has 4 aromatic rings. The Morgan fingerprint density at radius 1 is 1.03 bits per heavy atom. The first-order valence-electron chi connectivity index (χ1n) is 11.9. The molecule has 1 atom stereocenters. The Labute approximate surface area is 207 Å². The van der Waals surface area contributed by atoms with Gasteiger partial charge in [-0.25, -0.2) is 4.98 Å². The fraction of sp³-hybridized carbons (Fsp3) is 0.286. The topological polar surface area (TPSA) is 47.4 Å². The monoisotopic (exact) mass is 493 g/mol. The molecule has 1 aliphatic heterocycles. The van der Waals surface area contributed by atoms with Crippen LogP contribution in [0.4, 0.5) is 18.9 Å². The summed E-state index contributed by atoms with van der Waals surface area (Å²) < 4.78 is 47.7. The Balaban J connectivity index is 1.36. The fourth-order valence-electron chi connectivity index (χ4n) is 4.74. The average Bonchev–Trinajstić information content (AvgIpc) is 3.43. The van der Waals surface area contributed by atoms with E-state index in [-0.39, 0.29) is 30.5 Å². The fourth-order valence-corrected chi connectivity index (χ4v) is 4.74. The lowest BCUT2D eigenvalue weighted by Gasteiger charge is -2.19. The van der Waals surface area contributed by atoms with Gasteiger partial charge in [-0.2, -0.15) is 13.2 Å². The molecule has 0 radical (unpaired) electrons. The lowest BCUT2D eigenvalue weighted by Crippen LogP contribution is -2.25. The van der Waals surface area contributed by atoms with Gasteiger partial charge in [0.2, 0.25) is 5.91 Å². The molecule has 1 amide bonds. The molecular weight excluding hydrogens is 467 g/mol. The second-order valence-corrected chi connectivity index (χ2v) is 9.03. The van der Waals surface area contributed by atoms with Gasteiger partial charge in [-0.3, -0.25) is 4.79 Å². The van der Waals surface area contributed by atoms with Gasteiger partial charge in [0.15, 0.2) is 0 Å². The number of nitrogens with zero attached hydrogens (tertiary/aromatic N) is 3. The van der Waals surface area contributed by atoms with Gasteiger partial charge in [-0.1, -0.05) is 36.4 Å². The minimum atomic E-state index is -4.47. The van der Waals surface area contributed by atoms with E-state index >= 15 is 0 Å². The molecular formula is C28H26F3N3O2. The Morgan fingerprint density at radius 2 is 1.81 bits per heavy atom. The molecule has 3 aromatic carbocycles. The summed E-state index contributed by atoms with van der Waals surface area (Å²) in [6.07, 6.45) is -3.54. The van der Waals surface area contributed by atoms with E-state index in [0.717, 1.165) is 46.7 Å². The smallest absolute Gasteiger partial charge is 0.416 e. The maximum absolute atomic E-state index is 13.2. The molecule has 186 valence electrons. The number of carbonyl (C=O) groups excluding carboxylic acids is 1. The van der Waals surface area contributed by atoms with Crippen LogP contribution in [0.2, 0.25) is 0 Å². The summed E-state index contributed by atoms with van der Waals surface area (Å²) in [5, 5.41) is 0. The number of imidazole rings is 1. The molecule has 5 nitrogen and oxygen atoms in total. The van der Waals surface area contributed by atoms with Crippen molar-refractivity contribution in [3.8, 4) is 5.75 Å². The Kier molecular flexibility index (Phi) is 6.43. The van der Waals surface area contributed by atoms with Gasteiger partial charge >= 0.3 is 6.18 Å². The van der Waals surface area contributed by atoms with Gasteiger partial charge < -0.3 is 14.2 Å². The normalized spacial score (nSPS) is 16.2. The van der Waals surface area contributed by atoms with Crippen molar-refractivity contribution in [3.63, 3.8) is 0 Å². The SMILES string of the molecule is Cc1ccccc1OCCCn1c([C@H]2CC(=O)N(c3cccc(C(F)(F)F)c3)C2)nc2ccccc21. The van der Waals surface area contributed by atoms with Gasteiger partial charge in [0, 0.05) is 31.1 Å². The van der Waals surface area contributed by atoms with Gasteiger partial charge in [-0.05, 0) is 55.3 Å². The van der Waals surface area contributed by atoms with Crippen LogP contribution in [0.3, 0.4) is 0 Å². The third-order valence-electron chi connectivity index (χ3n) is 6.54. The highest BCUT2D eigenvalue weighted by Crippen LogP contribution is 2.36. The number of rotatable bonds is 7. The van der Waals surface area contributed by atoms with E-state index in [1.54, 1.807) is 6.07 Å². The van der Waals surface area contributed by atoms with Crippen molar-refractivity contribution < 1.29 is 22.7 Å². The van der Waals surface area contributed by atoms with Crippen LogP contribution < -0.4 is 9.64 Å². The predicted molar refractivity (Wildman–Crippen MR) is 132 cm³/mol. The van der Waals surface area contributed by atoms with Crippen LogP contribution in [0.15, 0.2) is 72.8 Å². The van der Waals surface area contributed by atoms with Crippen molar-refractivity contribution in [2.45, 2.75) is 38.4 Å². The van der Waals surface area contributed by atoms with Gasteiger partial charge in [0.25, 0.3) is 0 Å². The summed E-state index contributed by atoms with van der Waals surface area (Å²) in [5.74, 6) is 1.19. The van der Waals surface area contributed by atoms with E-state index in [4.69, 9.17) is 9.72 Å². The number of hydrogen-bond donors (Lipinski definition) is 0. The zero-order chi connectivity index (χ0) is 25.3. The second-order valence-electron chi connectivity index (χ2n) is 9.03. The van der Waals surface area contributed by atoms with Crippen LogP contribution in [-0.4, -0.2) is 28.6 Å². The first-order valence-corrected chi connectivity index (χ1v) is 11.9. The first kappa shape index (κ1) is 23.9. The zero-order valence-electron chi connectivity index (χ0n) is 19.8. The number of anilines is 1. The van der Waals surface area contributed by atoms with E-state index in [2.05, 4.69) is 4.57 Å². The highest BCUT2D eigenvalue weighted by molar-refractivity contribution is 5.96. The van der Waals surface area contributed by atoms with E-state index < -0.39 is 11.7 Å². The lowest BCUT2D eigenvalue weighted by atomic mass is 10.1. The highest BCUT2D eigenvalue weighted by Gasteiger charge is 2.36. The van der Waals surface area contributed by atoms with Crippen LogP contribution in [0, 0.1) is 6.92 Å². The molecule has 0 unspecified atom stereocenters. The predicted octanol–water partition coefficient (Wildman–Crippen LogP) is 6.35. The summed E-state index contributed by atoms with van der Waals surface area (Å²) in [6.45, 7) is 3.46. The minimum Gasteiger partial charge on any atom is -0.493 e. The molecule has 1 aromatic heterocycles. The number of para-hydroxylation sites is 3. The highest BCUT2D eigenvalue weighted by atomic mass is 19.4. The average molecular weight is 494 g/mol. The van der Waals surface area contributed by atoms with Crippen molar-refractivity contribution in [2.75, 3.05) is 18.1 Å². The molecule has 36 heavy (non-hydrogen) atoms. The standard InChI is InChI=1S/C28H26F3N3O2/c1-19-8-2-5-13-25(19)36-15-7-14-33-24-12-4-3-11-23(24)32-27(33)20-16-26(35)34(18-20)22-10-6-9-21(17-22)28(29,30)31/h2-6,8-13,17,20H,7,14-16,18H2,1H3/t20-/m0/s1. The third-order valence-corrected chi connectivity index (χ3v) is 6.54. The molecule has 0 saturated carbocycles. The second kappa shape index (κ2) is 9.68. The maximum atomic E-state index is 13.2. The molecule has 0 N–H and O–H groups in total. The van der Waals surface area contributed by atoms with Gasteiger partial charge in [-0.15, -0.1) is 0 Å². The number of hydrogen-bond acceptors (Lipinski definition) is 3. The molecule has 0 aliphatic carbocycles. The number of amides is 1. The number of alkyl halides is 3. The Hall–Kier alpha value is -3.81. The number of aryl methyl sites for hydroxylation is 2. The molecule has 1 fully saturated rings. The van der Waals surface area contributed by atoms with Crippen LogP contribution in [0.5, 0.6) is 5.75 Å². The van der Waals surface area contributed by atoms with Gasteiger partial charge in [0.1, 0.15) is 11.6 Å². The van der Waals surface area contributed by atoms with Crippen LogP contribution in [-0.2, 0) is 17.5 Å². The number of fused-ring (bicyclic) bond motifs is 1. The number of ether oxygens (including phenoxy) is 1. The quantitative estimate of drug-likeness (QED) is 0.282. The third kappa shape index (κ3) is 4.80. The van der Waals surface area contributed by atoms with E-state index in [1.165, 1.54) is 11.0 Å². The van der Waals surface area contributed by atoms with E-state index in [9.17, 15) is 18.0 Å². The van der Waals surface area contributed by atoms with Crippen LogP contribution >= 0.6 is 0 Å². The van der Waals surface area contributed by atoms with E-state index in [0.29, 0.717) is 13.2 Å². The molecule has 1 saturated heterocycles. The summed E-state index contributed by atoms with van der Waals surface area (Å²) in [4.78, 5) is 19.1. The van der Waals surface area contributed by atoms with Crippen molar-refractivity contribution in [1.82, 2.24) is 9.55 Å². The zero-order valence-corrected chi connectivity index (χ0v) is 19.8. The summed E-state index contributed by atoms with van der Waals surface area (Å²) in [6, 6.07) is 20.6. The summed E-state index contributed by atoms with van der Waals surface area (Å²) >= 11 is 0. The maximum Gasteiger partial charge on any atom is 0.416 e. The largest absolute Gasteiger partial charge is 0.493 e. The number of benzene rings is 3. The molecule has 0 spiro atoms. The molecule has 1 aliphatic rings. The number of halogens is 3. The van der Waals surface area contributed by atoms with Crippen molar-refractivity contribution in [1.29, 1.82) is 0 Å². The number of aromatic nitrogens is 2. The van der Waals surface area contributed by atoms with Crippen molar-refractivity contribution in [3.05, 3.63) is 89.7 Å². The molecule has 8 heteroatoms. The van der Waals surface area contributed by atoms with Gasteiger partial charge in [0.05, 0.1) is 23.2 Å².